The molecule has 0 saturated carbocycles. The third kappa shape index (κ3) is 2.47. The predicted octanol–water partition coefficient (Wildman–Crippen LogP) is 0.670. The molecule has 1 aliphatic rings. The summed E-state index contributed by atoms with van der Waals surface area (Å²) in [6.45, 7) is 2.93. The molecule has 0 radical (unpaired) electrons. The molecule has 19 heavy (non-hydrogen) atoms. The van der Waals surface area contributed by atoms with Crippen LogP contribution in [0.1, 0.15) is 5.82 Å². The van der Waals surface area contributed by atoms with E-state index in [1.54, 1.807) is 4.68 Å². The van der Waals surface area contributed by atoms with Crippen LogP contribution in [0.4, 0.5) is 0 Å². The van der Waals surface area contributed by atoms with E-state index in [0.29, 0.717) is 24.0 Å². The standard InChI is InChI=1S/C12H13N5OS/c19-12(16-6-8-18-9-7-16)11-13-14-15-17(11)10-4-2-1-3-5-10/h1-5H,6-9H2. The van der Waals surface area contributed by atoms with Crippen molar-refractivity contribution in [3.63, 3.8) is 0 Å². The molecule has 2 aromatic rings. The fourth-order valence-corrected chi connectivity index (χ4v) is 2.28. The average Bonchev–Trinajstić information content (AvgIpc) is 2.98. The molecule has 0 unspecified atom stereocenters. The van der Waals surface area contributed by atoms with Gasteiger partial charge in [0.2, 0.25) is 5.82 Å². The lowest BCUT2D eigenvalue weighted by Crippen LogP contribution is -2.41. The number of benzene rings is 1. The number of hydrogen-bond donors (Lipinski definition) is 0. The molecule has 1 saturated heterocycles. The fourth-order valence-electron chi connectivity index (χ4n) is 1.97. The summed E-state index contributed by atoms with van der Waals surface area (Å²) >= 11 is 5.49. The maximum atomic E-state index is 5.49. The van der Waals surface area contributed by atoms with Crippen molar-refractivity contribution in [2.24, 2.45) is 0 Å². The van der Waals surface area contributed by atoms with Crippen LogP contribution in [0.15, 0.2) is 30.3 Å². The van der Waals surface area contributed by atoms with Crippen LogP contribution in [0.3, 0.4) is 0 Å². The molecule has 1 aromatic carbocycles. The van der Waals surface area contributed by atoms with E-state index in [2.05, 4.69) is 20.4 Å². The summed E-state index contributed by atoms with van der Waals surface area (Å²) in [5.41, 5.74) is 0.901. The molecular formula is C12H13N5OS. The third-order valence-corrected chi connectivity index (χ3v) is 3.40. The second-order valence-electron chi connectivity index (χ2n) is 4.15. The molecule has 0 spiro atoms. The number of nitrogens with zero attached hydrogens (tertiary/aromatic N) is 5. The molecule has 7 heteroatoms. The number of ether oxygens (including phenoxy) is 1. The Morgan fingerprint density at radius 2 is 1.89 bits per heavy atom. The van der Waals surface area contributed by atoms with E-state index in [1.807, 2.05) is 30.3 Å². The molecule has 98 valence electrons. The molecule has 0 atom stereocenters. The van der Waals surface area contributed by atoms with Gasteiger partial charge in [-0.15, -0.1) is 5.10 Å². The minimum atomic E-state index is 0.600. The lowest BCUT2D eigenvalue weighted by atomic mass is 10.3. The Morgan fingerprint density at radius 3 is 2.63 bits per heavy atom. The summed E-state index contributed by atoms with van der Waals surface area (Å²) in [6.07, 6.45) is 0. The molecular weight excluding hydrogens is 262 g/mol. The Balaban J connectivity index is 1.89. The number of para-hydroxylation sites is 1. The van der Waals surface area contributed by atoms with Crippen molar-refractivity contribution in [3.8, 4) is 5.69 Å². The van der Waals surface area contributed by atoms with Gasteiger partial charge < -0.3 is 9.64 Å². The Morgan fingerprint density at radius 1 is 1.16 bits per heavy atom. The Bertz CT molecular complexity index is 565. The van der Waals surface area contributed by atoms with Crippen LogP contribution in [0.2, 0.25) is 0 Å². The van der Waals surface area contributed by atoms with E-state index in [9.17, 15) is 0 Å². The Labute approximate surface area is 116 Å². The van der Waals surface area contributed by atoms with E-state index in [4.69, 9.17) is 17.0 Å². The van der Waals surface area contributed by atoms with Crippen molar-refractivity contribution < 1.29 is 4.74 Å². The van der Waals surface area contributed by atoms with Crippen molar-refractivity contribution in [1.29, 1.82) is 0 Å². The minimum Gasteiger partial charge on any atom is -0.378 e. The van der Waals surface area contributed by atoms with Crippen LogP contribution >= 0.6 is 12.2 Å². The van der Waals surface area contributed by atoms with Crippen LogP contribution < -0.4 is 0 Å². The van der Waals surface area contributed by atoms with Crippen molar-refractivity contribution in [2.45, 2.75) is 0 Å². The summed E-state index contributed by atoms with van der Waals surface area (Å²) in [7, 11) is 0. The number of tetrazole rings is 1. The first-order valence-corrected chi connectivity index (χ1v) is 6.48. The molecule has 0 bridgehead atoms. The Hall–Kier alpha value is -1.86. The summed E-state index contributed by atoms with van der Waals surface area (Å²) < 4.78 is 6.99. The monoisotopic (exact) mass is 275 g/mol. The van der Waals surface area contributed by atoms with Gasteiger partial charge in [-0.3, -0.25) is 0 Å². The van der Waals surface area contributed by atoms with Crippen LogP contribution in [-0.4, -0.2) is 56.4 Å². The van der Waals surface area contributed by atoms with Crippen LogP contribution in [0.25, 0.3) is 5.69 Å². The first-order chi connectivity index (χ1) is 9.36. The summed E-state index contributed by atoms with van der Waals surface area (Å²) in [5, 5.41) is 11.8. The van der Waals surface area contributed by atoms with Crippen molar-refractivity contribution in [3.05, 3.63) is 36.2 Å². The van der Waals surface area contributed by atoms with Gasteiger partial charge in [-0.1, -0.05) is 30.4 Å². The zero-order valence-electron chi connectivity index (χ0n) is 10.3. The SMILES string of the molecule is S=C(c1nnnn1-c1ccccc1)N1CCOCC1. The summed E-state index contributed by atoms with van der Waals surface area (Å²) in [5.74, 6) is 0.600. The zero-order chi connectivity index (χ0) is 13.1. The zero-order valence-corrected chi connectivity index (χ0v) is 11.1. The third-order valence-electron chi connectivity index (χ3n) is 2.96. The van der Waals surface area contributed by atoms with Gasteiger partial charge in [0.25, 0.3) is 0 Å². The van der Waals surface area contributed by atoms with E-state index in [1.165, 1.54) is 0 Å². The lowest BCUT2D eigenvalue weighted by Gasteiger charge is -2.28. The summed E-state index contributed by atoms with van der Waals surface area (Å²) in [6, 6.07) is 9.73. The maximum absolute atomic E-state index is 5.49. The van der Waals surface area contributed by atoms with Crippen LogP contribution in [0.5, 0.6) is 0 Å². The van der Waals surface area contributed by atoms with Gasteiger partial charge in [-0.2, -0.15) is 4.68 Å². The van der Waals surface area contributed by atoms with Gasteiger partial charge in [0.1, 0.15) is 4.99 Å². The lowest BCUT2D eigenvalue weighted by molar-refractivity contribution is 0.0690. The molecule has 2 heterocycles. The highest BCUT2D eigenvalue weighted by atomic mass is 32.1. The number of thiocarbonyl (C=S) groups is 1. The number of rotatable bonds is 2. The van der Waals surface area contributed by atoms with Gasteiger partial charge in [0.05, 0.1) is 18.9 Å². The van der Waals surface area contributed by atoms with Gasteiger partial charge in [-0.25, -0.2) is 0 Å². The number of hydrogen-bond acceptors (Lipinski definition) is 5. The van der Waals surface area contributed by atoms with Crippen LogP contribution in [-0.2, 0) is 4.74 Å². The number of morpholine rings is 1. The van der Waals surface area contributed by atoms with Gasteiger partial charge >= 0.3 is 0 Å². The molecule has 3 rings (SSSR count). The fraction of sp³-hybridized carbons (Fsp3) is 0.333. The molecule has 0 amide bonds. The van der Waals surface area contributed by atoms with E-state index >= 15 is 0 Å². The number of aromatic nitrogens is 4. The first-order valence-electron chi connectivity index (χ1n) is 6.07. The second kappa shape index (κ2) is 5.41. The molecule has 1 aromatic heterocycles. The van der Waals surface area contributed by atoms with Crippen molar-refractivity contribution in [1.82, 2.24) is 25.1 Å². The second-order valence-corrected chi connectivity index (χ2v) is 4.54. The van der Waals surface area contributed by atoms with E-state index in [0.717, 1.165) is 18.8 Å². The van der Waals surface area contributed by atoms with Crippen LogP contribution in [0, 0.1) is 0 Å². The highest BCUT2D eigenvalue weighted by Gasteiger charge is 2.20. The van der Waals surface area contributed by atoms with E-state index in [-0.39, 0.29) is 0 Å². The Kier molecular flexibility index (Phi) is 3.47. The average molecular weight is 275 g/mol. The minimum absolute atomic E-state index is 0.600. The maximum Gasteiger partial charge on any atom is 0.214 e. The van der Waals surface area contributed by atoms with Crippen molar-refractivity contribution in [2.75, 3.05) is 26.3 Å². The molecule has 1 aliphatic heterocycles. The summed E-state index contributed by atoms with van der Waals surface area (Å²) in [4.78, 5) is 2.74. The highest BCUT2D eigenvalue weighted by molar-refractivity contribution is 7.80. The molecule has 1 fully saturated rings. The van der Waals surface area contributed by atoms with Crippen molar-refractivity contribution >= 4 is 17.2 Å². The largest absolute Gasteiger partial charge is 0.378 e. The topological polar surface area (TPSA) is 56.1 Å². The van der Waals surface area contributed by atoms with Gasteiger partial charge in [-0.05, 0) is 22.6 Å². The smallest absolute Gasteiger partial charge is 0.214 e. The van der Waals surface area contributed by atoms with E-state index < -0.39 is 0 Å². The first kappa shape index (κ1) is 12.2. The highest BCUT2D eigenvalue weighted by Crippen LogP contribution is 2.11. The predicted molar refractivity (Wildman–Crippen MR) is 73.2 cm³/mol. The molecule has 6 nitrogen and oxygen atoms in total. The molecule has 0 aliphatic carbocycles. The quantitative estimate of drug-likeness (QED) is 0.751. The van der Waals surface area contributed by atoms with Gasteiger partial charge in [0, 0.05) is 13.1 Å². The van der Waals surface area contributed by atoms with Gasteiger partial charge in [0.15, 0.2) is 0 Å². The normalized spacial score (nSPS) is 15.5. The molecule has 0 N–H and O–H groups in total.